The molecule has 3 rings (SSSR count). The van der Waals surface area contributed by atoms with Gasteiger partial charge in [0.05, 0.1) is 19.5 Å². The number of aromatic nitrogens is 4. The lowest BCUT2D eigenvalue weighted by molar-refractivity contribution is -0.137. The van der Waals surface area contributed by atoms with Crippen LogP contribution in [-0.2, 0) is 50.7 Å². The van der Waals surface area contributed by atoms with E-state index in [1.54, 1.807) is 0 Å². The quantitative estimate of drug-likeness (QED) is 0.0233. The van der Waals surface area contributed by atoms with Crippen LogP contribution in [0, 0.1) is 5.41 Å². The van der Waals surface area contributed by atoms with Gasteiger partial charge in [-0.3, -0.25) is 32.5 Å². The number of phosphoric acid groups is 3. The third kappa shape index (κ3) is 26.0. The number of ether oxygens (including phenoxy) is 1. The first-order valence-electron chi connectivity index (χ1n) is 27.1. The second-order valence-corrected chi connectivity index (χ2v) is 23.9. The Kier molecular flexibility index (Phi) is 26.9. The Balaban J connectivity index is 1.24. The highest BCUT2D eigenvalue weighted by atomic mass is 32.2. The Hall–Kier alpha value is -2.44. The van der Waals surface area contributed by atoms with E-state index in [9.17, 15) is 57.9 Å². The summed E-state index contributed by atoms with van der Waals surface area (Å²) in [5.74, 6) is -1.14. The number of nitrogens with two attached hydrogens (primary N) is 1. The molecule has 1 aliphatic rings. The zero-order chi connectivity index (χ0) is 57.5. The summed E-state index contributed by atoms with van der Waals surface area (Å²) in [6.45, 7) is 2.64. The molecule has 73 heavy (non-hydrogen) atoms. The lowest BCUT2D eigenvalue weighted by atomic mass is 9.87. The first-order valence-corrected chi connectivity index (χ1v) is 30.6. The number of hydrogen-bond acceptors (Lipinski definition) is 18. The van der Waals surface area contributed by atoms with Crippen LogP contribution in [0.4, 0.5) is 5.82 Å². The molecule has 1 fully saturated rings. The van der Waals surface area contributed by atoms with Crippen LogP contribution in [0.5, 0.6) is 0 Å². The molecule has 1 saturated heterocycles. The summed E-state index contributed by atoms with van der Waals surface area (Å²) in [6.07, 6.45) is 7.47. The van der Waals surface area contributed by atoms with Crippen molar-refractivity contribution in [1.29, 1.82) is 0 Å². The lowest BCUT2D eigenvalue weighted by Crippen LogP contribution is -2.46. The van der Waals surface area contributed by atoms with Crippen LogP contribution in [0.2, 0.25) is 0 Å². The molecule has 0 aromatic carbocycles. The zero-order valence-corrected chi connectivity index (χ0v) is 45.7. The van der Waals surface area contributed by atoms with E-state index in [-0.39, 0.29) is 54.4 Å². The molecule has 2 amide bonds. The topological polar surface area (TPSA) is 364 Å². The van der Waals surface area contributed by atoms with Crippen LogP contribution in [0.1, 0.15) is 180 Å². The van der Waals surface area contributed by atoms with Gasteiger partial charge in [0, 0.05) is 42.6 Å². The van der Waals surface area contributed by atoms with Gasteiger partial charge in [0.2, 0.25) is 11.8 Å². The molecule has 10 N–H and O–H groups in total. The van der Waals surface area contributed by atoms with Crippen LogP contribution in [0.3, 0.4) is 0 Å². The van der Waals surface area contributed by atoms with E-state index in [4.69, 9.17) is 25.0 Å². The number of anilines is 1. The fourth-order valence-corrected chi connectivity index (χ4v) is 11.2. The van der Waals surface area contributed by atoms with Gasteiger partial charge in [-0.1, -0.05) is 161 Å². The molecule has 28 heteroatoms. The number of fused-ring (bicyclic) bond motifs is 1. The predicted molar refractivity (Wildman–Crippen MR) is 274 cm³/mol. The number of hydrogen-bond donors (Lipinski definition) is 9. The molecule has 0 saturated carbocycles. The van der Waals surface area contributed by atoms with E-state index in [1.165, 1.54) is 52.4 Å². The van der Waals surface area contributed by atoms with Crippen molar-refractivity contribution in [2.45, 2.75) is 199 Å². The van der Waals surface area contributed by atoms with E-state index in [0.717, 1.165) is 86.8 Å². The van der Waals surface area contributed by atoms with Crippen molar-refractivity contribution in [3.63, 3.8) is 0 Å². The number of nitrogens with zero attached hydrogens (tertiary/aromatic N) is 4. The second-order valence-electron chi connectivity index (χ2n) is 18.6. The van der Waals surface area contributed by atoms with Crippen molar-refractivity contribution >= 4 is 69.1 Å². The minimum Gasteiger partial charge on any atom is -0.386 e. The van der Waals surface area contributed by atoms with Gasteiger partial charge >= 0.3 is 23.5 Å². The first kappa shape index (κ1) is 58.2. The van der Waals surface area contributed by atoms with Crippen LogP contribution < -0.4 is 16.4 Å². The van der Waals surface area contributed by atoms with Crippen molar-refractivity contribution in [2.24, 2.45) is 5.41 Å². The molecule has 0 radical (unpaired) electrons. The number of imidazole rings is 1. The Morgan fingerprint density at radius 3 is 1.97 bits per heavy atom. The lowest BCUT2D eigenvalue weighted by Gasteiger charge is -2.30. The highest BCUT2D eigenvalue weighted by Gasteiger charge is 2.50. The summed E-state index contributed by atoms with van der Waals surface area (Å²) in [6, 6.07) is 0. The molecular formula is C45H82N7O17P3S. The van der Waals surface area contributed by atoms with Gasteiger partial charge in [0.25, 0.3) is 0 Å². The number of aliphatic hydroxyl groups is 2. The van der Waals surface area contributed by atoms with Crippen LogP contribution in [-0.4, -0.2) is 123 Å². The molecule has 0 bridgehead atoms. The number of rotatable bonds is 41. The predicted octanol–water partition coefficient (Wildman–Crippen LogP) is 7.27. The summed E-state index contributed by atoms with van der Waals surface area (Å²) in [5.41, 5.74) is 4.25. The number of amides is 2. The third-order valence-electron chi connectivity index (χ3n) is 11.7. The Morgan fingerprint density at radius 2 is 1.38 bits per heavy atom. The summed E-state index contributed by atoms with van der Waals surface area (Å²) in [5, 5.41) is 26.6. The Labute approximate surface area is 438 Å². The molecule has 0 spiro atoms. The molecule has 7 atom stereocenters. The molecule has 2 aromatic heterocycles. The zero-order valence-electron chi connectivity index (χ0n) is 46.2. The molecule has 1 aliphatic heterocycles. The van der Waals surface area contributed by atoms with Crippen LogP contribution in [0.15, 0.2) is 12.7 Å². The highest BCUT2D eigenvalue weighted by molar-refractivity contribution is 8.13. The number of nitrogens with one attached hydrogen (secondary N) is 2. The van der Waals surface area contributed by atoms with Gasteiger partial charge in [0.1, 0.15) is 36.3 Å². The van der Waals surface area contributed by atoms with Crippen molar-refractivity contribution < 1.29 is 86.0 Å². The molecule has 0 aliphatic carbocycles. The maximum atomic E-state index is 12.8. The minimum absolute atomic E-state index is 0.00289. The molecule has 3 heterocycles. The number of carbonyl (C=O) groups is 3. The summed E-state index contributed by atoms with van der Waals surface area (Å²) < 4.78 is 96.0. The monoisotopic (exact) mass is 1120 g/mol. The minimum atomic E-state index is -5.60. The van der Waals surface area contributed by atoms with E-state index in [2.05, 4.69) is 41.3 Å². The van der Waals surface area contributed by atoms with Crippen LogP contribution >= 0.6 is 35.2 Å². The van der Waals surface area contributed by atoms with Crippen molar-refractivity contribution in [3.8, 4) is 0 Å². The molecular weight excluding hydrogens is 1040 g/mol. The van der Waals surface area contributed by atoms with Gasteiger partial charge in [-0.2, -0.15) is 4.31 Å². The normalized spacial score (nSPS) is 20.6. The standard InChI is InChI=1S/C45H82N7O17P3S/c1-4-5-6-7-8-9-10-11-12-13-14-15-16-17-18-19-20-21-22-23-24-25-36(54)73-29-28-47-35(53)26-27-48-43(57)40(56)45(2,3)31-66-72(63,64)69-71(61,62)65-30-34-39(68-70(58,59)60)38(55)44(67-34)52-33-51-37-41(46)49-32-50-42(37)52/h32-34,38-40,44,55-56H,4-31H2,1-3H3,(H,47,53)(H,48,57)(H,61,62)(H,63,64)(H2,46,49,50)(H2,58,59,60)/t34-,38-,39-,40+,44-/m1/s1/i14D2,15D2. The number of thioether (sulfide) groups is 1. The van der Waals surface area contributed by atoms with E-state index in [0.29, 0.717) is 25.0 Å². The molecule has 2 aromatic rings. The number of carbonyl (C=O) groups excluding carboxylic acids is 3. The average molecular weight is 1120 g/mol. The number of phosphoric ester groups is 3. The van der Waals surface area contributed by atoms with E-state index >= 15 is 0 Å². The fraction of sp³-hybridized carbons (Fsp3) is 0.822. The van der Waals surface area contributed by atoms with Gasteiger partial charge in [0.15, 0.2) is 22.8 Å². The van der Waals surface area contributed by atoms with Gasteiger partial charge < -0.3 is 50.9 Å². The number of unbranched alkanes of at least 4 members (excludes halogenated alkanes) is 15. The van der Waals surface area contributed by atoms with Crippen molar-refractivity contribution in [1.82, 2.24) is 30.2 Å². The molecule has 2 unspecified atom stereocenters. The highest BCUT2D eigenvalue weighted by Crippen LogP contribution is 2.61. The summed E-state index contributed by atoms with van der Waals surface area (Å²) in [4.78, 5) is 88.7. The Bertz CT molecular complexity index is 2290. The van der Waals surface area contributed by atoms with Gasteiger partial charge in [-0.05, 0) is 6.42 Å². The Morgan fingerprint density at radius 1 is 0.822 bits per heavy atom. The van der Waals surface area contributed by atoms with Gasteiger partial charge in [-0.15, -0.1) is 0 Å². The maximum Gasteiger partial charge on any atom is 0.481 e. The number of nitrogen functional groups attached to an aromatic ring is 1. The average Bonchev–Trinajstić information content (AvgIpc) is 3.90. The second kappa shape index (κ2) is 33.7. The SMILES string of the molecule is [2H]C([2H])(CCCCCCCCCCC)C([2H])([2H])CCCCCCCCCCC(=O)SCCNC(=O)CCNC(=O)[C@H](O)C(C)(C)COP(=O)(O)OP(=O)(O)OC[C@H]1O[C@@H](n2cnc3c(N)ncnc32)[C@H](O)[C@@H]1OP(=O)(O)O. The molecule has 420 valence electrons. The van der Waals surface area contributed by atoms with E-state index in [1.807, 2.05) is 0 Å². The third-order valence-corrected chi connectivity index (χ3v) is 15.8. The van der Waals surface area contributed by atoms with Crippen molar-refractivity contribution in [3.05, 3.63) is 12.7 Å². The summed E-state index contributed by atoms with van der Waals surface area (Å²) in [7, 11) is -16.5. The van der Waals surface area contributed by atoms with Gasteiger partial charge in [-0.25, -0.2) is 28.6 Å². The molecule has 24 nitrogen and oxygen atoms in total. The fourth-order valence-electron chi connectivity index (χ4n) is 7.61. The van der Waals surface area contributed by atoms with Crippen molar-refractivity contribution in [2.75, 3.05) is 37.8 Å². The maximum absolute atomic E-state index is 12.8. The van der Waals surface area contributed by atoms with E-state index < -0.39 is 97.3 Å². The van der Waals surface area contributed by atoms with Crippen LogP contribution in [0.25, 0.3) is 11.2 Å². The smallest absolute Gasteiger partial charge is 0.386 e. The number of aliphatic hydroxyl groups excluding tert-OH is 2. The largest absolute Gasteiger partial charge is 0.481 e. The summed E-state index contributed by atoms with van der Waals surface area (Å²) >= 11 is 1.10. The first-order chi connectivity index (χ1) is 36.0.